The van der Waals surface area contributed by atoms with Crippen LogP contribution >= 0.6 is 0 Å². The van der Waals surface area contributed by atoms with Crippen molar-refractivity contribution < 1.29 is 13.9 Å². The second-order valence-corrected chi connectivity index (χ2v) is 12.5. The van der Waals surface area contributed by atoms with Crippen molar-refractivity contribution in [1.82, 2.24) is 44.5 Å². The maximum absolute atomic E-state index is 14.6. The first-order chi connectivity index (χ1) is 23.2. The lowest BCUT2D eigenvalue weighted by atomic mass is 10.1. The number of H-pyrrole nitrogens is 1. The lowest BCUT2D eigenvalue weighted by Gasteiger charge is -2.33. The van der Waals surface area contributed by atoms with Crippen molar-refractivity contribution in [3.63, 3.8) is 0 Å². The maximum atomic E-state index is 14.6. The van der Waals surface area contributed by atoms with Crippen LogP contribution in [-0.4, -0.2) is 109 Å². The zero-order valence-corrected chi connectivity index (χ0v) is 27.5. The number of likely N-dealkylation sites (tertiary alicyclic amines) is 1. The Morgan fingerprint density at radius 1 is 1.08 bits per heavy atom. The summed E-state index contributed by atoms with van der Waals surface area (Å²) in [6.45, 7) is 8.44. The Bertz CT molecular complexity index is 1930. The third-order valence-corrected chi connectivity index (χ3v) is 8.94. The SMILES string of the molecule is Cc1cnc(Nc2cc(C)n(C)n2)nc1-c1c[nH]c2c(NC(=O)CN3CCC(Oc4ncc(F)c(N5CCN(C)CC5)n4)C3)cccc12. The highest BCUT2D eigenvalue weighted by Gasteiger charge is 2.28. The lowest BCUT2D eigenvalue weighted by Crippen LogP contribution is -2.45. The van der Waals surface area contributed by atoms with Crippen molar-refractivity contribution in [3.8, 4) is 17.3 Å². The van der Waals surface area contributed by atoms with Gasteiger partial charge in [-0.05, 0) is 38.9 Å². The number of likely N-dealkylation sites (N-methyl/N-ethyl adjacent to an activating group) is 1. The molecule has 0 radical (unpaired) electrons. The highest BCUT2D eigenvalue weighted by Crippen LogP contribution is 2.33. The van der Waals surface area contributed by atoms with Crippen molar-refractivity contribution in [2.24, 2.45) is 7.05 Å². The van der Waals surface area contributed by atoms with E-state index in [0.29, 0.717) is 50.1 Å². The van der Waals surface area contributed by atoms with Crippen LogP contribution in [0.1, 0.15) is 17.7 Å². The number of aromatic nitrogens is 7. The van der Waals surface area contributed by atoms with Gasteiger partial charge in [0.2, 0.25) is 11.9 Å². The van der Waals surface area contributed by atoms with E-state index in [1.165, 1.54) is 6.20 Å². The summed E-state index contributed by atoms with van der Waals surface area (Å²) in [5, 5.41) is 11.6. The number of piperazine rings is 1. The lowest BCUT2D eigenvalue weighted by molar-refractivity contribution is -0.117. The molecule has 1 aromatic carbocycles. The van der Waals surface area contributed by atoms with Crippen LogP contribution in [0.15, 0.2) is 42.9 Å². The quantitative estimate of drug-likeness (QED) is 0.215. The van der Waals surface area contributed by atoms with Crippen LogP contribution in [0.4, 0.5) is 27.7 Å². The topological polar surface area (TPSA) is 145 Å². The predicted octanol–water partition coefficient (Wildman–Crippen LogP) is 3.49. The normalized spacial score (nSPS) is 17.3. The van der Waals surface area contributed by atoms with Gasteiger partial charge < -0.3 is 30.2 Å². The second kappa shape index (κ2) is 13.2. The number of carbonyl (C=O) groups excluding carboxylic acids is 1. The highest BCUT2D eigenvalue weighted by molar-refractivity contribution is 6.06. The Hall–Kier alpha value is -5.15. The number of fused-ring (bicyclic) bond motifs is 1. The summed E-state index contributed by atoms with van der Waals surface area (Å²) in [6.07, 6.45) is 5.37. The number of aryl methyl sites for hydroxylation is 3. The van der Waals surface area contributed by atoms with E-state index in [-0.39, 0.29) is 30.4 Å². The maximum Gasteiger partial charge on any atom is 0.318 e. The van der Waals surface area contributed by atoms with E-state index in [1.54, 1.807) is 10.9 Å². The average Bonchev–Trinajstić information content (AvgIpc) is 3.78. The summed E-state index contributed by atoms with van der Waals surface area (Å²) in [7, 11) is 3.93. The van der Waals surface area contributed by atoms with Gasteiger partial charge in [-0.3, -0.25) is 14.4 Å². The minimum absolute atomic E-state index is 0.134. The van der Waals surface area contributed by atoms with Gasteiger partial charge >= 0.3 is 6.01 Å². The Kier molecular flexibility index (Phi) is 8.62. The Balaban J connectivity index is 0.987. The fourth-order valence-corrected chi connectivity index (χ4v) is 6.18. The highest BCUT2D eigenvalue weighted by atomic mass is 19.1. The molecule has 48 heavy (non-hydrogen) atoms. The summed E-state index contributed by atoms with van der Waals surface area (Å²) < 4.78 is 22.4. The van der Waals surface area contributed by atoms with Crippen molar-refractivity contribution in [1.29, 1.82) is 0 Å². The van der Waals surface area contributed by atoms with E-state index in [1.807, 2.05) is 68.2 Å². The first-order valence-electron chi connectivity index (χ1n) is 16.1. The Morgan fingerprint density at radius 3 is 2.71 bits per heavy atom. The molecule has 3 N–H and O–H groups in total. The van der Waals surface area contributed by atoms with Crippen LogP contribution in [0.2, 0.25) is 0 Å². The van der Waals surface area contributed by atoms with E-state index in [4.69, 9.17) is 9.72 Å². The molecule has 250 valence electrons. The van der Waals surface area contributed by atoms with Crippen molar-refractivity contribution in [2.45, 2.75) is 26.4 Å². The number of hydrogen-bond donors (Lipinski definition) is 3. The summed E-state index contributed by atoms with van der Waals surface area (Å²) in [4.78, 5) is 40.4. The number of nitrogens with one attached hydrogen (secondary N) is 3. The van der Waals surface area contributed by atoms with Gasteiger partial charge in [-0.1, -0.05) is 12.1 Å². The summed E-state index contributed by atoms with van der Waals surface area (Å²) in [6, 6.07) is 7.89. The van der Waals surface area contributed by atoms with Crippen LogP contribution < -0.4 is 20.3 Å². The molecule has 7 rings (SSSR count). The Labute approximate surface area is 277 Å². The minimum Gasteiger partial charge on any atom is -0.459 e. The van der Waals surface area contributed by atoms with Gasteiger partial charge in [0.1, 0.15) is 6.10 Å². The number of benzene rings is 1. The van der Waals surface area contributed by atoms with Crippen molar-refractivity contribution >= 4 is 40.1 Å². The van der Waals surface area contributed by atoms with E-state index >= 15 is 0 Å². The van der Waals surface area contributed by atoms with E-state index in [9.17, 15) is 9.18 Å². The predicted molar refractivity (Wildman–Crippen MR) is 181 cm³/mol. The molecule has 5 aromatic rings. The van der Waals surface area contributed by atoms with E-state index < -0.39 is 5.82 Å². The molecule has 2 saturated heterocycles. The molecular weight excluding hydrogens is 615 g/mol. The summed E-state index contributed by atoms with van der Waals surface area (Å²) >= 11 is 0. The molecule has 0 spiro atoms. The smallest absolute Gasteiger partial charge is 0.318 e. The summed E-state index contributed by atoms with van der Waals surface area (Å²) in [5.74, 6) is 0.802. The third-order valence-electron chi connectivity index (χ3n) is 8.94. The molecule has 2 aliphatic heterocycles. The first kappa shape index (κ1) is 31.4. The van der Waals surface area contributed by atoms with Gasteiger partial charge in [-0.2, -0.15) is 10.1 Å². The first-order valence-corrected chi connectivity index (χ1v) is 16.1. The van der Waals surface area contributed by atoms with Crippen molar-refractivity contribution in [3.05, 3.63) is 59.9 Å². The van der Waals surface area contributed by atoms with Crippen LogP contribution in [0.25, 0.3) is 22.2 Å². The fourth-order valence-electron chi connectivity index (χ4n) is 6.18. The molecule has 1 unspecified atom stereocenters. The molecule has 1 atom stereocenters. The van der Waals surface area contributed by atoms with Crippen LogP contribution in [0.3, 0.4) is 0 Å². The number of halogens is 1. The van der Waals surface area contributed by atoms with Crippen LogP contribution in [0, 0.1) is 19.7 Å². The van der Waals surface area contributed by atoms with E-state index in [2.05, 4.69) is 40.6 Å². The van der Waals surface area contributed by atoms with Gasteiger partial charge in [0.05, 0.1) is 29.6 Å². The number of anilines is 4. The number of nitrogens with zero attached hydrogens (tertiary/aromatic N) is 9. The molecule has 15 heteroatoms. The van der Waals surface area contributed by atoms with Gasteiger partial charge in [-0.25, -0.2) is 19.3 Å². The van der Waals surface area contributed by atoms with Gasteiger partial charge in [0, 0.05) is 81.4 Å². The monoisotopic (exact) mass is 654 g/mol. The summed E-state index contributed by atoms with van der Waals surface area (Å²) in [5.41, 5.74) is 5.10. The van der Waals surface area contributed by atoms with Crippen LogP contribution in [-0.2, 0) is 11.8 Å². The van der Waals surface area contributed by atoms with Crippen LogP contribution in [0.5, 0.6) is 6.01 Å². The molecule has 6 heterocycles. The molecule has 0 bridgehead atoms. The average molecular weight is 655 g/mol. The van der Waals surface area contributed by atoms with Gasteiger partial charge in [0.25, 0.3) is 0 Å². The minimum atomic E-state index is -0.453. The molecular formula is C33H39FN12O2. The Morgan fingerprint density at radius 2 is 1.92 bits per heavy atom. The molecule has 1 amide bonds. The third kappa shape index (κ3) is 6.64. The number of ether oxygens (including phenoxy) is 1. The number of amides is 1. The standard InChI is InChI=1S/C33H39FN12O2/c1-20-15-36-32(39-27-14-21(2)44(4)42-27)40-29(20)24-16-35-30-23(24)6-5-7-26(30)38-28(47)19-45-9-8-22(18-45)48-33-37-17-25(34)31(41-33)46-12-10-43(3)11-13-46/h5-7,14-17,22,35H,8-13,18-19H2,1-4H3,(H,38,47)(H,36,39,40,42). The zero-order valence-electron chi connectivity index (χ0n) is 27.5. The van der Waals surface area contributed by atoms with Gasteiger partial charge in [-0.15, -0.1) is 0 Å². The molecule has 14 nitrogen and oxygen atoms in total. The largest absolute Gasteiger partial charge is 0.459 e. The van der Waals surface area contributed by atoms with E-state index in [0.717, 1.165) is 46.5 Å². The van der Waals surface area contributed by atoms with Crippen molar-refractivity contribution in [2.75, 3.05) is 68.4 Å². The molecule has 2 fully saturated rings. The number of hydrogen-bond acceptors (Lipinski definition) is 11. The number of carbonyl (C=O) groups is 1. The van der Waals surface area contributed by atoms with Gasteiger partial charge in [0.15, 0.2) is 17.5 Å². The number of aromatic amines is 1. The molecule has 0 aliphatic carbocycles. The molecule has 0 saturated carbocycles. The zero-order chi connectivity index (χ0) is 33.4. The molecule has 4 aromatic heterocycles. The molecule has 2 aliphatic rings. The number of para-hydroxylation sites is 1. The fraction of sp³-hybridized carbons (Fsp3) is 0.394. The second-order valence-electron chi connectivity index (χ2n) is 12.5. The number of rotatable bonds is 9.